The van der Waals surface area contributed by atoms with Gasteiger partial charge >= 0.3 is 0 Å². The topological polar surface area (TPSA) is 160 Å². The molecule has 3 aromatic rings. The number of amides is 3. The van der Waals surface area contributed by atoms with Crippen molar-refractivity contribution in [2.45, 2.75) is 62.8 Å². The zero-order valence-electron chi connectivity index (χ0n) is 29.2. The van der Waals surface area contributed by atoms with Gasteiger partial charge in [-0.2, -0.15) is 0 Å². The Hall–Kier alpha value is -5.11. The number of hydrogen-bond acceptors (Lipinski definition) is 9. The van der Waals surface area contributed by atoms with Crippen LogP contribution in [0.25, 0.3) is 0 Å². The molecule has 3 amide bonds. The minimum absolute atomic E-state index is 0.0314. The van der Waals surface area contributed by atoms with Gasteiger partial charge in [-0.25, -0.2) is 0 Å². The van der Waals surface area contributed by atoms with E-state index in [-0.39, 0.29) is 48.7 Å². The lowest BCUT2D eigenvalue weighted by Crippen LogP contribution is -2.55. The van der Waals surface area contributed by atoms with Crippen molar-refractivity contribution in [3.63, 3.8) is 0 Å². The van der Waals surface area contributed by atoms with E-state index in [2.05, 4.69) is 10.2 Å². The number of rotatable bonds is 10. The first-order valence-electron chi connectivity index (χ1n) is 17.9. The number of nitro groups is 1. The molecular formula is C39H44N6O7. The fourth-order valence-corrected chi connectivity index (χ4v) is 8.32. The van der Waals surface area contributed by atoms with Gasteiger partial charge in [-0.1, -0.05) is 49.4 Å². The normalized spacial score (nSPS) is 23.2. The lowest BCUT2D eigenvalue weighted by atomic mass is 9.82. The average Bonchev–Trinajstić information content (AvgIpc) is 3.82. The molecule has 3 aromatic carbocycles. The molecule has 0 saturated carbocycles. The van der Waals surface area contributed by atoms with Crippen LogP contribution >= 0.6 is 0 Å². The molecule has 7 rings (SSSR count). The highest BCUT2D eigenvalue weighted by Crippen LogP contribution is 2.47. The number of nitrogens with one attached hydrogen (secondary N) is 1. The Morgan fingerprint density at radius 3 is 2.46 bits per heavy atom. The van der Waals surface area contributed by atoms with E-state index in [1.54, 1.807) is 24.0 Å². The van der Waals surface area contributed by atoms with Gasteiger partial charge in [-0.05, 0) is 74.7 Å². The van der Waals surface area contributed by atoms with Crippen LogP contribution in [0.5, 0.6) is 0 Å². The molecule has 3 saturated heterocycles. The second-order valence-corrected chi connectivity index (χ2v) is 14.2. The summed E-state index contributed by atoms with van der Waals surface area (Å²) >= 11 is 0. The number of aliphatic hydroxyl groups excluding tert-OH is 1. The molecule has 3 fully saturated rings. The molecule has 52 heavy (non-hydrogen) atoms. The lowest BCUT2D eigenvalue weighted by molar-refractivity contribution is -0.385. The van der Waals surface area contributed by atoms with Crippen LogP contribution in [-0.4, -0.2) is 82.2 Å². The number of para-hydroxylation sites is 1. The standard InChI is InChI=1S/C39H44N6O7/c1-27(7-5-11-35(47)41-22-6-10-32(41)25-46)39(50)33-23-31(45(51)52)16-17-34(33)42(37(39)49)24-28-12-14-29(15-13-28)43-26-44(30-8-3-2-4-9-30)38(36(43)48)18-20-40-21-19-38/h2-5,7-9,12-17,23,27,32,40,46,50H,6,10-11,18-22,24-26H2,1H3/b7-5+/t27-,32-,39+/m0/s1. The number of nitrogens with zero attached hydrogens (tertiary/aromatic N) is 5. The van der Waals surface area contributed by atoms with Gasteiger partial charge in [0.1, 0.15) is 5.54 Å². The Kier molecular flexibility index (Phi) is 9.59. The first kappa shape index (κ1) is 35.3. The fourth-order valence-electron chi connectivity index (χ4n) is 8.32. The van der Waals surface area contributed by atoms with Crippen LogP contribution in [0, 0.1) is 16.0 Å². The highest BCUT2D eigenvalue weighted by molar-refractivity contribution is 6.08. The number of carbonyl (C=O) groups excluding carboxylic acids is 3. The summed E-state index contributed by atoms with van der Waals surface area (Å²) < 4.78 is 0. The molecule has 0 aromatic heterocycles. The molecule has 4 heterocycles. The minimum Gasteiger partial charge on any atom is -0.394 e. The predicted molar refractivity (Wildman–Crippen MR) is 195 cm³/mol. The molecule has 13 heteroatoms. The van der Waals surface area contributed by atoms with Gasteiger partial charge in [0.25, 0.3) is 17.5 Å². The number of nitro benzene ring substituents is 1. The van der Waals surface area contributed by atoms with Crippen molar-refractivity contribution in [3.05, 3.63) is 106 Å². The Balaban J connectivity index is 1.11. The van der Waals surface area contributed by atoms with Crippen LogP contribution in [0.2, 0.25) is 0 Å². The lowest BCUT2D eigenvalue weighted by Gasteiger charge is -2.39. The molecular weight excluding hydrogens is 664 g/mol. The Morgan fingerprint density at radius 2 is 1.77 bits per heavy atom. The molecule has 0 aliphatic carbocycles. The Bertz CT molecular complexity index is 1880. The van der Waals surface area contributed by atoms with E-state index in [4.69, 9.17) is 0 Å². The maximum atomic E-state index is 14.2. The van der Waals surface area contributed by atoms with Gasteiger partial charge in [0.2, 0.25) is 5.91 Å². The van der Waals surface area contributed by atoms with Gasteiger partial charge in [0.15, 0.2) is 5.60 Å². The fraction of sp³-hybridized carbons (Fsp3) is 0.410. The maximum Gasteiger partial charge on any atom is 0.269 e. The molecule has 0 unspecified atom stereocenters. The van der Waals surface area contributed by atoms with Crippen molar-refractivity contribution >= 4 is 40.5 Å². The summed E-state index contributed by atoms with van der Waals surface area (Å²) in [6.07, 6.45) is 6.19. The van der Waals surface area contributed by atoms with E-state index in [1.165, 1.54) is 23.1 Å². The number of non-ortho nitro benzene ring substituents is 1. The van der Waals surface area contributed by atoms with E-state index in [1.807, 2.05) is 59.5 Å². The van der Waals surface area contributed by atoms with Crippen LogP contribution in [0.4, 0.5) is 22.7 Å². The summed E-state index contributed by atoms with van der Waals surface area (Å²) in [4.78, 5) is 59.4. The van der Waals surface area contributed by atoms with Crippen LogP contribution in [0.1, 0.15) is 50.2 Å². The second kappa shape index (κ2) is 14.1. The summed E-state index contributed by atoms with van der Waals surface area (Å²) in [6, 6.07) is 21.2. The predicted octanol–water partition coefficient (Wildman–Crippen LogP) is 3.83. The average molecular weight is 709 g/mol. The Morgan fingerprint density at radius 1 is 1.04 bits per heavy atom. The third-order valence-electron chi connectivity index (χ3n) is 11.3. The summed E-state index contributed by atoms with van der Waals surface area (Å²) in [6.45, 7) is 4.10. The number of likely N-dealkylation sites (tertiary alicyclic amines) is 1. The molecule has 0 bridgehead atoms. The van der Waals surface area contributed by atoms with Gasteiger partial charge < -0.3 is 30.2 Å². The van der Waals surface area contributed by atoms with Gasteiger partial charge in [0, 0.05) is 48.0 Å². The van der Waals surface area contributed by atoms with Crippen LogP contribution in [0.15, 0.2) is 84.9 Å². The van der Waals surface area contributed by atoms with Gasteiger partial charge in [-0.3, -0.25) is 29.4 Å². The molecule has 4 aliphatic heterocycles. The molecule has 13 nitrogen and oxygen atoms in total. The van der Waals surface area contributed by atoms with E-state index in [0.29, 0.717) is 31.7 Å². The van der Waals surface area contributed by atoms with E-state index in [0.717, 1.165) is 42.9 Å². The highest BCUT2D eigenvalue weighted by atomic mass is 16.6. The smallest absolute Gasteiger partial charge is 0.269 e. The van der Waals surface area contributed by atoms with Crippen molar-refractivity contribution in [2.24, 2.45) is 5.92 Å². The highest BCUT2D eigenvalue weighted by Gasteiger charge is 2.54. The van der Waals surface area contributed by atoms with Crippen molar-refractivity contribution in [1.29, 1.82) is 0 Å². The number of hydrogen-bond donors (Lipinski definition) is 3. The van der Waals surface area contributed by atoms with Crippen molar-refractivity contribution < 1.29 is 29.5 Å². The molecule has 4 aliphatic rings. The molecule has 0 radical (unpaired) electrons. The maximum absolute atomic E-state index is 14.2. The SMILES string of the molecule is C[C@@H](/C=C/CC(=O)N1CCC[C@H]1CO)[C@]1(O)C(=O)N(Cc2ccc(N3CN(c4ccccc4)C4(CCNCC4)C3=O)cc2)c2ccc([N+](=O)[O-])cc21. The second-order valence-electron chi connectivity index (χ2n) is 14.2. The number of anilines is 3. The summed E-state index contributed by atoms with van der Waals surface area (Å²) in [7, 11) is 0. The molecule has 3 N–H and O–H groups in total. The largest absolute Gasteiger partial charge is 0.394 e. The number of aliphatic hydroxyl groups is 2. The molecule has 3 atom stereocenters. The number of fused-ring (bicyclic) bond motifs is 1. The first-order chi connectivity index (χ1) is 25.1. The Labute approximate surface area is 302 Å². The van der Waals surface area contributed by atoms with Crippen molar-refractivity contribution in [2.75, 3.05) is 47.6 Å². The van der Waals surface area contributed by atoms with Crippen LogP contribution in [0.3, 0.4) is 0 Å². The monoisotopic (exact) mass is 708 g/mol. The number of carbonyl (C=O) groups is 3. The van der Waals surface area contributed by atoms with Gasteiger partial charge in [0.05, 0.1) is 36.5 Å². The first-order valence-corrected chi connectivity index (χ1v) is 17.9. The van der Waals surface area contributed by atoms with Crippen molar-refractivity contribution in [1.82, 2.24) is 10.2 Å². The summed E-state index contributed by atoms with van der Waals surface area (Å²) in [5.41, 5.74) is -0.0481. The zero-order valence-corrected chi connectivity index (χ0v) is 29.2. The summed E-state index contributed by atoms with van der Waals surface area (Å²) in [5, 5.41) is 36.8. The van der Waals surface area contributed by atoms with Gasteiger partial charge in [-0.15, -0.1) is 0 Å². The molecule has 272 valence electrons. The summed E-state index contributed by atoms with van der Waals surface area (Å²) in [5.74, 6) is -1.56. The molecule has 1 spiro atoms. The number of benzene rings is 3. The minimum atomic E-state index is -2.12. The van der Waals surface area contributed by atoms with E-state index < -0.39 is 27.9 Å². The third-order valence-corrected chi connectivity index (χ3v) is 11.3. The van der Waals surface area contributed by atoms with E-state index >= 15 is 0 Å². The van der Waals surface area contributed by atoms with Crippen LogP contribution < -0.4 is 20.0 Å². The van der Waals surface area contributed by atoms with E-state index in [9.17, 15) is 34.7 Å². The number of piperidine rings is 1. The zero-order chi connectivity index (χ0) is 36.6. The van der Waals surface area contributed by atoms with Crippen LogP contribution in [-0.2, 0) is 26.5 Å². The van der Waals surface area contributed by atoms with Crippen molar-refractivity contribution in [3.8, 4) is 0 Å². The quantitative estimate of drug-likeness (QED) is 0.162. The third kappa shape index (κ3) is 6.02.